The van der Waals surface area contributed by atoms with E-state index in [9.17, 15) is 9.59 Å². The molecule has 2 rings (SSSR count). The predicted molar refractivity (Wildman–Crippen MR) is 92.4 cm³/mol. The van der Waals surface area contributed by atoms with Crippen LogP contribution in [0.4, 0.5) is 0 Å². The van der Waals surface area contributed by atoms with Crippen LogP contribution in [-0.2, 0) is 19.1 Å². The second-order valence-electron chi connectivity index (χ2n) is 7.87. The Hall–Kier alpha value is -1.10. The van der Waals surface area contributed by atoms with E-state index < -0.39 is 0 Å². The average Bonchev–Trinajstić information content (AvgIpc) is 2.95. The van der Waals surface area contributed by atoms with E-state index >= 15 is 0 Å². The quantitative estimate of drug-likeness (QED) is 0.754. The number of carbonyl (C=O) groups excluding carboxylic acids is 2. The van der Waals surface area contributed by atoms with Gasteiger partial charge in [0.1, 0.15) is 12.1 Å². The molecule has 5 nitrogen and oxygen atoms in total. The van der Waals surface area contributed by atoms with Gasteiger partial charge in [-0.1, -0.05) is 27.2 Å². The summed E-state index contributed by atoms with van der Waals surface area (Å²) in [6.07, 6.45) is 4.44. The summed E-state index contributed by atoms with van der Waals surface area (Å²) in [5.41, 5.74) is 0. The molecule has 1 heterocycles. The number of nitrogens with one attached hydrogen (secondary N) is 1. The van der Waals surface area contributed by atoms with Gasteiger partial charge in [-0.25, -0.2) is 0 Å². The molecule has 5 heteroatoms. The van der Waals surface area contributed by atoms with Crippen LogP contribution >= 0.6 is 0 Å². The fourth-order valence-corrected chi connectivity index (χ4v) is 4.09. The zero-order valence-electron chi connectivity index (χ0n) is 15.5. The van der Waals surface area contributed by atoms with Gasteiger partial charge in [0.2, 0.25) is 0 Å². The van der Waals surface area contributed by atoms with Crippen LogP contribution in [0.25, 0.3) is 0 Å². The lowest BCUT2D eigenvalue weighted by Gasteiger charge is -2.36. The highest BCUT2D eigenvalue weighted by atomic mass is 16.5. The Kier molecular flexibility index (Phi) is 7.08. The molecule has 0 unspecified atom stereocenters. The van der Waals surface area contributed by atoms with E-state index in [2.05, 4.69) is 26.1 Å². The van der Waals surface area contributed by atoms with Crippen molar-refractivity contribution in [1.29, 1.82) is 0 Å². The summed E-state index contributed by atoms with van der Waals surface area (Å²) in [4.78, 5) is 24.1. The minimum atomic E-state index is -0.277. The molecule has 0 aromatic carbocycles. The maximum Gasteiger partial charge on any atom is 0.323 e. The lowest BCUT2D eigenvalue weighted by molar-refractivity contribution is -0.157. The van der Waals surface area contributed by atoms with E-state index in [1.54, 1.807) is 6.92 Å². The average molecular weight is 339 g/mol. The highest BCUT2D eigenvalue weighted by Gasteiger charge is 2.35. The van der Waals surface area contributed by atoms with Gasteiger partial charge in [0.25, 0.3) is 0 Å². The van der Waals surface area contributed by atoms with Crippen molar-refractivity contribution in [3.63, 3.8) is 0 Å². The second-order valence-corrected chi connectivity index (χ2v) is 7.87. The Labute approximate surface area is 145 Å². The Balaban J connectivity index is 1.81. The molecule has 2 aliphatic rings. The largest absolute Gasteiger partial charge is 0.465 e. The van der Waals surface area contributed by atoms with Gasteiger partial charge in [0.15, 0.2) is 0 Å². The number of hydrogen-bond acceptors (Lipinski definition) is 5. The minimum Gasteiger partial charge on any atom is -0.465 e. The maximum atomic E-state index is 12.4. The molecule has 138 valence electrons. The molecule has 24 heavy (non-hydrogen) atoms. The number of ether oxygens (including phenoxy) is 2. The van der Waals surface area contributed by atoms with Gasteiger partial charge in [0.05, 0.1) is 6.61 Å². The van der Waals surface area contributed by atoms with Crippen molar-refractivity contribution in [3.8, 4) is 0 Å². The lowest BCUT2D eigenvalue weighted by atomic mass is 9.75. The van der Waals surface area contributed by atoms with Crippen molar-refractivity contribution in [2.45, 2.75) is 71.9 Å². The van der Waals surface area contributed by atoms with Crippen LogP contribution in [0.15, 0.2) is 0 Å². The molecule has 1 saturated heterocycles. The van der Waals surface area contributed by atoms with Crippen molar-refractivity contribution < 1.29 is 19.1 Å². The van der Waals surface area contributed by atoms with Crippen molar-refractivity contribution in [2.75, 3.05) is 13.2 Å². The molecule has 0 spiro atoms. The molecule has 0 bridgehead atoms. The summed E-state index contributed by atoms with van der Waals surface area (Å²) >= 11 is 0. The summed E-state index contributed by atoms with van der Waals surface area (Å²) in [5, 5.41) is 3.15. The topological polar surface area (TPSA) is 64.6 Å². The Morgan fingerprint density at radius 1 is 1.21 bits per heavy atom. The van der Waals surface area contributed by atoms with E-state index in [-0.39, 0.29) is 30.0 Å². The number of rotatable bonds is 6. The Morgan fingerprint density at radius 2 is 1.96 bits per heavy atom. The number of esters is 2. The molecule has 2 fully saturated rings. The number of hydrogen-bond donors (Lipinski definition) is 1. The fourth-order valence-electron chi connectivity index (χ4n) is 4.09. The molecule has 0 aromatic rings. The highest BCUT2D eigenvalue weighted by Crippen LogP contribution is 2.35. The summed E-state index contributed by atoms with van der Waals surface area (Å²) in [6, 6.07) is -0.277. The molecule has 0 aromatic heterocycles. The van der Waals surface area contributed by atoms with E-state index in [0.717, 1.165) is 12.8 Å². The smallest absolute Gasteiger partial charge is 0.323 e. The van der Waals surface area contributed by atoms with Gasteiger partial charge >= 0.3 is 11.9 Å². The molecule has 1 aliphatic carbocycles. The minimum absolute atomic E-state index is 0.0523. The van der Waals surface area contributed by atoms with Crippen LogP contribution < -0.4 is 5.32 Å². The Morgan fingerprint density at radius 3 is 2.62 bits per heavy atom. The van der Waals surface area contributed by atoms with Crippen LogP contribution in [0, 0.1) is 23.7 Å². The van der Waals surface area contributed by atoms with E-state index in [1.165, 1.54) is 6.42 Å². The molecule has 1 aliphatic heterocycles. The van der Waals surface area contributed by atoms with E-state index in [1.807, 2.05) is 0 Å². The van der Waals surface area contributed by atoms with Crippen LogP contribution in [0.5, 0.6) is 0 Å². The molecule has 0 radical (unpaired) electrons. The van der Waals surface area contributed by atoms with Crippen molar-refractivity contribution in [1.82, 2.24) is 5.32 Å². The molecule has 5 atom stereocenters. The third-order valence-electron chi connectivity index (χ3n) is 5.49. The standard InChI is InChI=1S/C19H33NO4/c1-5-23-19(22)16-9-14(11-20-16)10-18(21)24-17-8-13(4)6-7-15(17)12(2)3/h12-17,20H,5-11H2,1-4H3/t13-,14+,15+,16-,17-/m0/s1. The predicted octanol–water partition coefficient (Wildman–Crippen LogP) is 2.92. The SMILES string of the molecule is CCOC(=O)[C@@H]1C[C@H](CC(=O)O[C@H]2C[C@@H](C)CC[C@@H]2C(C)C)CN1. The first kappa shape index (κ1) is 19.2. The number of carbonyl (C=O) groups is 2. The van der Waals surface area contributed by atoms with Gasteiger partial charge in [-0.3, -0.25) is 9.59 Å². The van der Waals surface area contributed by atoms with Crippen molar-refractivity contribution >= 4 is 11.9 Å². The van der Waals surface area contributed by atoms with Crippen LogP contribution in [0.3, 0.4) is 0 Å². The van der Waals surface area contributed by atoms with Gasteiger partial charge in [-0.15, -0.1) is 0 Å². The fraction of sp³-hybridized carbons (Fsp3) is 0.895. The first-order valence-electron chi connectivity index (χ1n) is 9.50. The first-order valence-corrected chi connectivity index (χ1v) is 9.50. The van der Waals surface area contributed by atoms with E-state index in [4.69, 9.17) is 9.47 Å². The third kappa shape index (κ3) is 5.20. The molecule has 1 saturated carbocycles. The third-order valence-corrected chi connectivity index (χ3v) is 5.49. The second kappa shape index (κ2) is 8.84. The van der Waals surface area contributed by atoms with Gasteiger partial charge in [-0.2, -0.15) is 0 Å². The normalized spacial score (nSPS) is 33.5. The van der Waals surface area contributed by atoms with Gasteiger partial charge in [0, 0.05) is 6.42 Å². The Bertz CT molecular complexity index is 437. The van der Waals surface area contributed by atoms with Crippen LogP contribution in [0.2, 0.25) is 0 Å². The zero-order valence-corrected chi connectivity index (χ0v) is 15.5. The lowest BCUT2D eigenvalue weighted by Crippen LogP contribution is -2.36. The summed E-state index contributed by atoms with van der Waals surface area (Å²) in [6.45, 7) is 9.53. The van der Waals surface area contributed by atoms with Crippen LogP contribution in [0.1, 0.15) is 59.8 Å². The molecular weight excluding hydrogens is 306 g/mol. The van der Waals surface area contributed by atoms with Crippen LogP contribution in [-0.4, -0.2) is 37.2 Å². The van der Waals surface area contributed by atoms with Gasteiger partial charge in [-0.05, 0) is 56.4 Å². The molecular formula is C19H33NO4. The zero-order chi connectivity index (χ0) is 17.7. The first-order chi connectivity index (χ1) is 11.4. The molecule has 0 amide bonds. The summed E-state index contributed by atoms with van der Waals surface area (Å²) in [5.74, 6) is 1.46. The van der Waals surface area contributed by atoms with Crippen molar-refractivity contribution in [2.24, 2.45) is 23.7 Å². The van der Waals surface area contributed by atoms with E-state index in [0.29, 0.717) is 43.7 Å². The highest BCUT2D eigenvalue weighted by molar-refractivity contribution is 5.76. The summed E-state index contributed by atoms with van der Waals surface area (Å²) in [7, 11) is 0. The van der Waals surface area contributed by atoms with Crippen molar-refractivity contribution in [3.05, 3.63) is 0 Å². The maximum absolute atomic E-state index is 12.4. The van der Waals surface area contributed by atoms with Gasteiger partial charge < -0.3 is 14.8 Å². The monoisotopic (exact) mass is 339 g/mol. The molecule has 1 N–H and O–H groups in total. The summed E-state index contributed by atoms with van der Waals surface area (Å²) < 4.78 is 10.9.